The van der Waals surface area contributed by atoms with Gasteiger partial charge >= 0.3 is 0 Å². The normalized spacial score (nSPS) is 19.7. The van der Waals surface area contributed by atoms with E-state index in [1.165, 1.54) is 44.3 Å². The van der Waals surface area contributed by atoms with Gasteiger partial charge in [0.1, 0.15) is 0 Å². The summed E-state index contributed by atoms with van der Waals surface area (Å²) in [5, 5.41) is 2.96. The van der Waals surface area contributed by atoms with Gasteiger partial charge < -0.3 is 11.1 Å². The fourth-order valence-corrected chi connectivity index (χ4v) is 3.23. The van der Waals surface area contributed by atoms with Gasteiger partial charge in [0, 0.05) is 13.1 Å². The van der Waals surface area contributed by atoms with E-state index < -0.39 is 0 Å². The largest absolute Gasteiger partial charge is 0.351 e. The van der Waals surface area contributed by atoms with Gasteiger partial charge in [-0.05, 0) is 55.8 Å². The van der Waals surface area contributed by atoms with Gasteiger partial charge in [-0.15, -0.1) is 0 Å². The number of rotatable bonds is 8. The predicted molar refractivity (Wildman–Crippen MR) is 92.7 cm³/mol. The number of benzene rings is 1. The van der Waals surface area contributed by atoms with Gasteiger partial charge in [-0.2, -0.15) is 0 Å². The Balaban J connectivity index is 1.39. The first-order valence-electron chi connectivity index (χ1n) is 9.04. The van der Waals surface area contributed by atoms with Gasteiger partial charge in [0.2, 0.25) is 5.91 Å². The second-order valence-corrected chi connectivity index (χ2v) is 7.14. The highest BCUT2D eigenvalue weighted by Gasteiger charge is 2.23. The quantitative estimate of drug-likeness (QED) is 0.774. The average molecular weight is 315 g/mol. The summed E-state index contributed by atoms with van der Waals surface area (Å²) in [4.78, 5) is 14.5. The van der Waals surface area contributed by atoms with E-state index in [0.29, 0.717) is 6.54 Å². The number of hydrogen-bond donors (Lipinski definition) is 2. The number of nitrogens with two attached hydrogens (primary N) is 1. The molecule has 1 atom stereocenters. The maximum Gasteiger partial charge on any atom is 0.237 e. The minimum Gasteiger partial charge on any atom is -0.351 e. The topological polar surface area (TPSA) is 58.4 Å². The fourth-order valence-electron chi connectivity index (χ4n) is 3.23. The molecule has 23 heavy (non-hydrogen) atoms. The van der Waals surface area contributed by atoms with Crippen LogP contribution >= 0.6 is 0 Å². The van der Waals surface area contributed by atoms with Crippen molar-refractivity contribution in [2.75, 3.05) is 13.1 Å². The molecule has 0 aromatic heterocycles. The third-order valence-electron chi connectivity index (χ3n) is 5.01. The third-order valence-corrected chi connectivity index (χ3v) is 5.01. The van der Waals surface area contributed by atoms with Gasteiger partial charge in [0.05, 0.1) is 6.04 Å². The molecule has 1 aliphatic carbocycles. The average Bonchev–Trinajstić information content (AvgIpc) is 3.27. The van der Waals surface area contributed by atoms with E-state index >= 15 is 0 Å². The number of nitrogens with one attached hydrogen (secondary N) is 1. The summed E-state index contributed by atoms with van der Waals surface area (Å²) in [5.74, 6) is 0.809. The molecule has 1 aromatic carbocycles. The molecule has 1 saturated heterocycles. The van der Waals surface area contributed by atoms with Crippen molar-refractivity contribution >= 4 is 5.91 Å². The highest BCUT2D eigenvalue weighted by molar-refractivity contribution is 5.81. The Labute approximate surface area is 139 Å². The van der Waals surface area contributed by atoms with Crippen LogP contribution in [0.5, 0.6) is 0 Å². The van der Waals surface area contributed by atoms with E-state index in [2.05, 4.69) is 34.5 Å². The van der Waals surface area contributed by atoms with Gasteiger partial charge in [0.25, 0.3) is 0 Å². The molecule has 0 spiro atoms. The van der Waals surface area contributed by atoms with Crippen molar-refractivity contribution < 1.29 is 4.79 Å². The number of likely N-dealkylation sites (tertiary alicyclic amines) is 1. The van der Waals surface area contributed by atoms with Crippen LogP contribution in [-0.2, 0) is 17.9 Å². The number of carbonyl (C=O) groups is 1. The number of nitrogens with zero attached hydrogens (tertiary/aromatic N) is 1. The molecule has 3 rings (SSSR count). The van der Waals surface area contributed by atoms with E-state index in [0.717, 1.165) is 30.9 Å². The van der Waals surface area contributed by atoms with E-state index in [4.69, 9.17) is 5.73 Å². The molecule has 3 N–H and O–H groups in total. The molecule has 0 radical (unpaired) electrons. The summed E-state index contributed by atoms with van der Waals surface area (Å²) in [5.41, 5.74) is 8.44. The molecule has 4 heteroatoms. The van der Waals surface area contributed by atoms with Crippen LogP contribution in [0, 0.1) is 5.92 Å². The molecule has 1 aliphatic heterocycles. The van der Waals surface area contributed by atoms with Crippen molar-refractivity contribution in [3.05, 3.63) is 35.4 Å². The molecular weight excluding hydrogens is 286 g/mol. The Bertz CT molecular complexity index is 504. The zero-order valence-electron chi connectivity index (χ0n) is 14.0. The number of amides is 1. The molecule has 1 aromatic rings. The maximum atomic E-state index is 12.0. The summed E-state index contributed by atoms with van der Waals surface area (Å²) in [6.07, 6.45) is 7.19. The Hall–Kier alpha value is -1.39. The minimum atomic E-state index is -0.356. The Morgan fingerprint density at radius 1 is 1.17 bits per heavy atom. The molecule has 2 fully saturated rings. The molecular formula is C19H29N3O. The molecule has 1 amide bonds. The van der Waals surface area contributed by atoms with Crippen molar-refractivity contribution in [2.24, 2.45) is 11.7 Å². The van der Waals surface area contributed by atoms with Crippen LogP contribution in [0.2, 0.25) is 0 Å². The lowest BCUT2D eigenvalue weighted by Crippen LogP contribution is -2.40. The second-order valence-electron chi connectivity index (χ2n) is 7.14. The SMILES string of the molecule is N[C@@H](CCC1CC1)C(=O)NCc1ccc(CN2CCCC2)cc1. The zero-order valence-corrected chi connectivity index (χ0v) is 14.0. The monoisotopic (exact) mass is 315 g/mol. The summed E-state index contributed by atoms with van der Waals surface area (Å²) in [6.45, 7) is 4.05. The molecule has 2 aliphatic rings. The maximum absolute atomic E-state index is 12.0. The number of hydrogen-bond acceptors (Lipinski definition) is 3. The van der Waals surface area contributed by atoms with Crippen molar-refractivity contribution in [3.63, 3.8) is 0 Å². The summed E-state index contributed by atoms with van der Waals surface area (Å²) < 4.78 is 0. The third kappa shape index (κ3) is 5.33. The van der Waals surface area contributed by atoms with Gasteiger partial charge in [-0.3, -0.25) is 9.69 Å². The van der Waals surface area contributed by atoms with Crippen LogP contribution in [0.25, 0.3) is 0 Å². The van der Waals surface area contributed by atoms with E-state index in [1.807, 2.05) is 0 Å². The Kier molecular flexibility index (Phi) is 5.68. The van der Waals surface area contributed by atoms with Crippen LogP contribution in [0.15, 0.2) is 24.3 Å². The van der Waals surface area contributed by atoms with E-state index in [1.54, 1.807) is 0 Å². The number of carbonyl (C=O) groups excluding carboxylic acids is 1. The van der Waals surface area contributed by atoms with E-state index in [-0.39, 0.29) is 11.9 Å². The lowest BCUT2D eigenvalue weighted by Gasteiger charge is -2.15. The zero-order chi connectivity index (χ0) is 16.1. The van der Waals surface area contributed by atoms with Gasteiger partial charge in [0.15, 0.2) is 0 Å². The van der Waals surface area contributed by atoms with Crippen molar-refractivity contribution in [1.82, 2.24) is 10.2 Å². The summed E-state index contributed by atoms with van der Waals surface area (Å²) in [6, 6.07) is 8.22. The van der Waals surface area contributed by atoms with Gasteiger partial charge in [-0.1, -0.05) is 37.1 Å². The van der Waals surface area contributed by atoms with Crippen molar-refractivity contribution in [2.45, 2.75) is 57.7 Å². The molecule has 1 saturated carbocycles. The molecule has 1 heterocycles. The summed E-state index contributed by atoms with van der Waals surface area (Å²) >= 11 is 0. The second kappa shape index (κ2) is 7.93. The van der Waals surface area contributed by atoms with Crippen LogP contribution in [0.1, 0.15) is 49.7 Å². The highest BCUT2D eigenvalue weighted by Crippen LogP contribution is 2.33. The lowest BCUT2D eigenvalue weighted by molar-refractivity contribution is -0.122. The fraction of sp³-hybridized carbons (Fsp3) is 0.632. The predicted octanol–water partition coefficient (Wildman–Crippen LogP) is 2.42. The lowest BCUT2D eigenvalue weighted by atomic mass is 10.1. The Morgan fingerprint density at radius 2 is 1.83 bits per heavy atom. The van der Waals surface area contributed by atoms with Crippen LogP contribution in [0.3, 0.4) is 0 Å². The minimum absolute atomic E-state index is 0.0215. The standard InChI is InChI=1S/C19H29N3O/c20-18(10-9-15-3-4-15)19(23)21-13-16-5-7-17(8-6-16)14-22-11-1-2-12-22/h5-8,15,18H,1-4,9-14,20H2,(H,21,23)/t18-/m0/s1. The first kappa shape index (κ1) is 16.5. The van der Waals surface area contributed by atoms with Crippen LogP contribution < -0.4 is 11.1 Å². The molecule has 0 unspecified atom stereocenters. The summed E-state index contributed by atoms with van der Waals surface area (Å²) in [7, 11) is 0. The first-order valence-corrected chi connectivity index (χ1v) is 9.04. The molecule has 126 valence electrons. The van der Waals surface area contributed by atoms with Gasteiger partial charge in [-0.25, -0.2) is 0 Å². The van der Waals surface area contributed by atoms with Crippen molar-refractivity contribution in [1.29, 1.82) is 0 Å². The van der Waals surface area contributed by atoms with Crippen LogP contribution in [0.4, 0.5) is 0 Å². The molecule has 0 bridgehead atoms. The molecule has 4 nitrogen and oxygen atoms in total. The van der Waals surface area contributed by atoms with Crippen molar-refractivity contribution in [3.8, 4) is 0 Å². The Morgan fingerprint density at radius 3 is 2.48 bits per heavy atom. The van der Waals surface area contributed by atoms with Crippen LogP contribution in [-0.4, -0.2) is 29.9 Å². The van der Waals surface area contributed by atoms with E-state index in [9.17, 15) is 4.79 Å². The smallest absolute Gasteiger partial charge is 0.237 e. The first-order chi connectivity index (χ1) is 11.2. The highest BCUT2D eigenvalue weighted by atomic mass is 16.2.